The zero-order chi connectivity index (χ0) is 14.7. The number of hydrogen-bond acceptors (Lipinski definition) is 3. The van der Waals surface area contributed by atoms with Crippen LogP contribution in [-0.2, 0) is 0 Å². The first-order valence-corrected chi connectivity index (χ1v) is 6.99. The third kappa shape index (κ3) is 2.93. The van der Waals surface area contributed by atoms with Gasteiger partial charge in [0.2, 0.25) is 0 Å². The zero-order valence-corrected chi connectivity index (χ0v) is 12.8. The minimum absolute atomic E-state index is 0.954. The fraction of sp³-hybridized carbons (Fsp3) is 0.353. The van der Waals surface area contributed by atoms with E-state index in [1.165, 1.54) is 27.6 Å². The summed E-state index contributed by atoms with van der Waals surface area (Å²) in [5, 5.41) is 7.35. The molecule has 0 unspecified atom stereocenters. The Hall–Kier alpha value is -2.03. The van der Waals surface area contributed by atoms with E-state index in [4.69, 9.17) is 0 Å². The number of nitrogens with zero attached hydrogens (tertiary/aromatic N) is 1. The van der Waals surface area contributed by atoms with Crippen molar-refractivity contribution in [1.82, 2.24) is 15.6 Å². The van der Waals surface area contributed by atoms with Crippen LogP contribution < -0.4 is 10.6 Å². The molecule has 2 heterocycles. The number of hydrogen-bond donors (Lipinski definition) is 2. The molecule has 20 heavy (non-hydrogen) atoms. The molecule has 3 rings (SSSR count). The number of rotatable bonds is 0. The maximum Gasteiger partial charge on any atom is 0.0913 e. The Morgan fingerprint density at radius 3 is 2.20 bits per heavy atom. The van der Waals surface area contributed by atoms with Crippen LogP contribution in [0.4, 0.5) is 0 Å². The molecule has 1 aromatic heterocycles. The van der Waals surface area contributed by atoms with Crippen molar-refractivity contribution in [2.24, 2.45) is 0 Å². The summed E-state index contributed by atoms with van der Waals surface area (Å²) < 4.78 is 0. The van der Waals surface area contributed by atoms with Gasteiger partial charge >= 0.3 is 0 Å². The number of pyridine rings is 1. The molecule has 0 amide bonds. The van der Waals surface area contributed by atoms with Crippen molar-refractivity contribution in [3.05, 3.63) is 53.0 Å². The number of aromatic nitrogens is 1. The average molecular weight is 269 g/mol. The molecule has 3 heteroatoms. The van der Waals surface area contributed by atoms with E-state index in [0.29, 0.717) is 0 Å². The van der Waals surface area contributed by atoms with E-state index in [1.807, 2.05) is 6.20 Å². The zero-order valence-electron chi connectivity index (χ0n) is 12.8. The number of aryl methyl sites for hydroxylation is 4. The molecule has 106 valence electrons. The lowest BCUT2D eigenvalue weighted by Gasteiger charge is -2.10. The van der Waals surface area contributed by atoms with E-state index in [9.17, 15) is 0 Å². The van der Waals surface area contributed by atoms with Crippen LogP contribution in [0, 0.1) is 27.7 Å². The van der Waals surface area contributed by atoms with Crippen LogP contribution in [0.25, 0.3) is 10.9 Å². The topological polar surface area (TPSA) is 37.0 Å². The molecule has 1 aliphatic rings. The van der Waals surface area contributed by atoms with Crippen LogP contribution in [0.15, 0.2) is 30.7 Å². The van der Waals surface area contributed by atoms with Gasteiger partial charge in [0.05, 0.1) is 11.3 Å². The third-order valence-corrected chi connectivity index (χ3v) is 3.73. The van der Waals surface area contributed by atoms with Gasteiger partial charge in [0.1, 0.15) is 0 Å². The predicted molar refractivity (Wildman–Crippen MR) is 85.8 cm³/mol. The predicted octanol–water partition coefficient (Wildman–Crippen LogP) is 3.12. The van der Waals surface area contributed by atoms with Gasteiger partial charge in [-0.3, -0.25) is 4.98 Å². The molecule has 1 aliphatic heterocycles. The van der Waals surface area contributed by atoms with Crippen molar-refractivity contribution >= 4 is 10.9 Å². The van der Waals surface area contributed by atoms with Gasteiger partial charge in [0, 0.05) is 24.7 Å². The lowest BCUT2D eigenvalue weighted by atomic mass is 9.97. The summed E-state index contributed by atoms with van der Waals surface area (Å²) in [6, 6.07) is 4.29. The molecule has 0 atom stereocenters. The largest absolute Gasteiger partial charge is 0.371 e. The summed E-state index contributed by atoms with van der Waals surface area (Å²) in [5.74, 6) is 0.954. The lowest BCUT2D eigenvalue weighted by Crippen LogP contribution is -2.06. The standard InChI is InChI=1S/C13H15N.C4H8N2/c1-8-5-6-14-13-10(3)7-9(2)11(4)12(8)13;1-4-5-2-3-6-4/h5-7H,1-4H3;5-6H,1-3H2. The normalized spacial score (nSPS) is 13.5. The van der Waals surface area contributed by atoms with Gasteiger partial charge in [-0.2, -0.15) is 0 Å². The number of fused-ring (bicyclic) bond motifs is 1. The Labute approximate surface area is 121 Å². The summed E-state index contributed by atoms with van der Waals surface area (Å²) in [5.41, 5.74) is 6.45. The van der Waals surface area contributed by atoms with Crippen molar-refractivity contribution in [1.29, 1.82) is 0 Å². The van der Waals surface area contributed by atoms with E-state index >= 15 is 0 Å². The van der Waals surface area contributed by atoms with E-state index in [2.05, 4.69) is 62.0 Å². The molecule has 2 N–H and O–H groups in total. The van der Waals surface area contributed by atoms with Crippen LogP contribution in [0.5, 0.6) is 0 Å². The Morgan fingerprint density at radius 1 is 1.00 bits per heavy atom. The number of nitrogens with one attached hydrogen (secondary N) is 2. The summed E-state index contributed by atoms with van der Waals surface area (Å²) in [4.78, 5) is 4.44. The molecule has 0 aliphatic carbocycles. The van der Waals surface area contributed by atoms with Crippen molar-refractivity contribution in [2.75, 3.05) is 13.1 Å². The first-order valence-electron chi connectivity index (χ1n) is 6.99. The van der Waals surface area contributed by atoms with Gasteiger partial charge < -0.3 is 10.6 Å². The summed E-state index contributed by atoms with van der Waals surface area (Å²) in [7, 11) is 0. The van der Waals surface area contributed by atoms with Crippen molar-refractivity contribution in [3.8, 4) is 0 Å². The van der Waals surface area contributed by atoms with E-state index < -0.39 is 0 Å². The quantitative estimate of drug-likeness (QED) is 0.771. The van der Waals surface area contributed by atoms with Crippen molar-refractivity contribution in [2.45, 2.75) is 27.7 Å². The Balaban J connectivity index is 0.000000205. The second-order valence-corrected chi connectivity index (χ2v) is 5.32. The van der Waals surface area contributed by atoms with Crippen LogP contribution in [0.3, 0.4) is 0 Å². The smallest absolute Gasteiger partial charge is 0.0913 e. The van der Waals surface area contributed by atoms with Gasteiger partial charge in [-0.05, 0) is 56.0 Å². The molecule has 2 aromatic rings. The fourth-order valence-electron chi connectivity index (χ4n) is 2.52. The maximum absolute atomic E-state index is 4.44. The minimum Gasteiger partial charge on any atom is -0.371 e. The Kier molecular flexibility index (Phi) is 4.28. The highest BCUT2D eigenvalue weighted by Gasteiger charge is 2.06. The lowest BCUT2D eigenvalue weighted by molar-refractivity contribution is 0.942. The Morgan fingerprint density at radius 2 is 1.65 bits per heavy atom. The molecule has 0 saturated carbocycles. The van der Waals surface area contributed by atoms with Crippen molar-refractivity contribution in [3.63, 3.8) is 0 Å². The molecule has 0 spiro atoms. The second kappa shape index (κ2) is 5.95. The number of benzene rings is 1. The molecule has 1 aromatic carbocycles. The SMILES string of the molecule is C=C1NCCN1.Cc1cc(C)c2nccc(C)c2c1C. The molecular formula is C17H23N3. The van der Waals surface area contributed by atoms with Crippen molar-refractivity contribution < 1.29 is 0 Å². The third-order valence-electron chi connectivity index (χ3n) is 3.73. The van der Waals surface area contributed by atoms with E-state index in [0.717, 1.165) is 24.4 Å². The van der Waals surface area contributed by atoms with E-state index in [1.54, 1.807) is 0 Å². The molecule has 3 nitrogen and oxygen atoms in total. The monoisotopic (exact) mass is 269 g/mol. The van der Waals surface area contributed by atoms with Gasteiger partial charge in [-0.25, -0.2) is 0 Å². The Bertz CT molecular complexity index is 636. The van der Waals surface area contributed by atoms with Gasteiger partial charge in [0.15, 0.2) is 0 Å². The first-order chi connectivity index (χ1) is 9.50. The molecule has 1 saturated heterocycles. The fourth-order valence-corrected chi connectivity index (χ4v) is 2.52. The molecule has 0 radical (unpaired) electrons. The molecular weight excluding hydrogens is 246 g/mol. The summed E-state index contributed by atoms with van der Waals surface area (Å²) in [6.07, 6.45) is 1.89. The average Bonchev–Trinajstić information content (AvgIpc) is 2.88. The molecule has 1 fully saturated rings. The summed E-state index contributed by atoms with van der Waals surface area (Å²) >= 11 is 0. The summed E-state index contributed by atoms with van der Waals surface area (Å²) in [6.45, 7) is 14.3. The maximum atomic E-state index is 4.44. The highest BCUT2D eigenvalue weighted by atomic mass is 15.1. The highest BCUT2D eigenvalue weighted by Crippen LogP contribution is 2.25. The minimum atomic E-state index is 0.954. The van der Waals surface area contributed by atoms with Crippen LogP contribution in [-0.4, -0.2) is 18.1 Å². The second-order valence-electron chi connectivity index (χ2n) is 5.32. The van der Waals surface area contributed by atoms with Gasteiger partial charge in [0.25, 0.3) is 0 Å². The van der Waals surface area contributed by atoms with Crippen LogP contribution >= 0.6 is 0 Å². The van der Waals surface area contributed by atoms with Gasteiger partial charge in [-0.15, -0.1) is 0 Å². The molecule has 0 bridgehead atoms. The van der Waals surface area contributed by atoms with Gasteiger partial charge in [-0.1, -0.05) is 12.6 Å². The van der Waals surface area contributed by atoms with Crippen LogP contribution in [0.2, 0.25) is 0 Å². The first kappa shape index (κ1) is 14.4. The van der Waals surface area contributed by atoms with Crippen LogP contribution in [0.1, 0.15) is 22.3 Å². The van der Waals surface area contributed by atoms with E-state index in [-0.39, 0.29) is 0 Å². The highest BCUT2D eigenvalue weighted by molar-refractivity contribution is 5.88.